The molecule has 1 fully saturated rings. The summed E-state index contributed by atoms with van der Waals surface area (Å²) in [6.45, 7) is 3.95. The third-order valence-corrected chi connectivity index (χ3v) is 3.10. The highest BCUT2D eigenvalue weighted by molar-refractivity contribution is 5.29. The molecule has 0 bridgehead atoms. The molecule has 2 heteroatoms. The Balaban J connectivity index is 1.76. The van der Waals surface area contributed by atoms with Crippen molar-refractivity contribution in [2.24, 2.45) is 0 Å². The fourth-order valence-corrected chi connectivity index (χ4v) is 2.10. The topological polar surface area (TPSA) is 18.5 Å². The summed E-state index contributed by atoms with van der Waals surface area (Å²) in [6.07, 6.45) is 10.1. The smallest absolute Gasteiger partial charge is 0.157 e. The Morgan fingerprint density at radius 3 is 2.87 bits per heavy atom. The van der Waals surface area contributed by atoms with E-state index in [0.29, 0.717) is 0 Å². The summed E-state index contributed by atoms with van der Waals surface area (Å²) in [7, 11) is 0. The van der Waals surface area contributed by atoms with E-state index in [9.17, 15) is 0 Å². The van der Waals surface area contributed by atoms with Crippen molar-refractivity contribution < 1.29 is 9.47 Å². The maximum atomic E-state index is 5.53. The minimum atomic E-state index is 0.0414. The van der Waals surface area contributed by atoms with Crippen LogP contribution in [0.4, 0.5) is 0 Å². The molecule has 1 saturated heterocycles. The molecule has 0 amide bonds. The molecular weight excluding hydrogens is 188 g/mol. The van der Waals surface area contributed by atoms with Gasteiger partial charge in [0.1, 0.15) is 0 Å². The van der Waals surface area contributed by atoms with Crippen molar-refractivity contribution >= 4 is 0 Å². The molecule has 0 atom stereocenters. The van der Waals surface area contributed by atoms with Crippen LogP contribution in [0.25, 0.3) is 0 Å². The SMILES string of the molecule is CC(CCC1OCCCO1)=C1C=CCC1. The van der Waals surface area contributed by atoms with Gasteiger partial charge in [-0.05, 0) is 38.2 Å². The Labute approximate surface area is 92.0 Å². The quantitative estimate of drug-likeness (QED) is 0.709. The lowest BCUT2D eigenvalue weighted by Gasteiger charge is -2.23. The van der Waals surface area contributed by atoms with Gasteiger partial charge in [-0.3, -0.25) is 0 Å². The monoisotopic (exact) mass is 208 g/mol. The van der Waals surface area contributed by atoms with Crippen molar-refractivity contribution in [2.75, 3.05) is 13.2 Å². The Hall–Kier alpha value is -0.600. The van der Waals surface area contributed by atoms with Gasteiger partial charge in [0.2, 0.25) is 0 Å². The van der Waals surface area contributed by atoms with Crippen LogP contribution in [0.15, 0.2) is 23.3 Å². The summed E-state index contributed by atoms with van der Waals surface area (Å²) in [5.41, 5.74) is 3.02. The normalized spacial score (nSPS) is 25.9. The van der Waals surface area contributed by atoms with E-state index in [2.05, 4.69) is 19.1 Å². The second-order valence-electron chi connectivity index (χ2n) is 4.31. The molecule has 0 aromatic carbocycles. The average Bonchev–Trinajstić information content (AvgIpc) is 2.81. The summed E-state index contributed by atoms with van der Waals surface area (Å²) >= 11 is 0. The summed E-state index contributed by atoms with van der Waals surface area (Å²) in [6, 6.07) is 0. The molecule has 2 nitrogen and oxygen atoms in total. The molecule has 84 valence electrons. The van der Waals surface area contributed by atoms with Crippen molar-refractivity contribution in [1.29, 1.82) is 0 Å². The molecule has 0 N–H and O–H groups in total. The molecule has 0 unspecified atom stereocenters. The fraction of sp³-hybridized carbons (Fsp3) is 0.692. The Bertz CT molecular complexity index is 260. The number of hydrogen-bond donors (Lipinski definition) is 0. The van der Waals surface area contributed by atoms with E-state index in [0.717, 1.165) is 32.5 Å². The van der Waals surface area contributed by atoms with Crippen molar-refractivity contribution in [3.63, 3.8) is 0 Å². The highest BCUT2D eigenvalue weighted by atomic mass is 16.7. The molecule has 0 saturated carbocycles. The van der Waals surface area contributed by atoms with Crippen molar-refractivity contribution in [2.45, 2.75) is 45.3 Å². The summed E-state index contributed by atoms with van der Waals surface area (Å²) < 4.78 is 11.1. The van der Waals surface area contributed by atoms with Crippen LogP contribution in [0.1, 0.15) is 39.0 Å². The lowest BCUT2D eigenvalue weighted by molar-refractivity contribution is -0.180. The highest BCUT2D eigenvalue weighted by Gasteiger charge is 2.14. The predicted octanol–water partition coefficient (Wildman–Crippen LogP) is 3.20. The molecule has 0 radical (unpaired) electrons. The minimum Gasteiger partial charge on any atom is -0.353 e. The minimum absolute atomic E-state index is 0.0414. The van der Waals surface area contributed by atoms with Crippen molar-refractivity contribution in [1.82, 2.24) is 0 Å². The maximum Gasteiger partial charge on any atom is 0.157 e. The first-order chi connectivity index (χ1) is 7.36. The van der Waals surface area contributed by atoms with Crippen molar-refractivity contribution in [3.05, 3.63) is 23.3 Å². The predicted molar refractivity (Wildman–Crippen MR) is 60.6 cm³/mol. The van der Waals surface area contributed by atoms with E-state index in [1.165, 1.54) is 24.0 Å². The molecule has 2 aliphatic rings. The van der Waals surface area contributed by atoms with Gasteiger partial charge in [0, 0.05) is 6.42 Å². The van der Waals surface area contributed by atoms with Crippen molar-refractivity contribution in [3.8, 4) is 0 Å². The molecule has 0 aromatic heterocycles. The maximum absolute atomic E-state index is 5.53. The average molecular weight is 208 g/mol. The van der Waals surface area contributed by atoms with Crippen LogP contribution in [0, 0.1) is 0 Å². The molecule has 0 spiro atoms. The van der Waals surface area contributed by atoms with Gasteiger partial charge < -0.3 is 9.47 Å². The first-order valence-corrected chi connectivity index (χ1v) is 5.94. The Kier molecular flexibility index (Phi) is 3.98. The van der Waals surface area contributed by atoms with Gasteiger partial charge >= 0.3 is 0 Å². The second kappa shape index (κ2) is 5.47. The zero-order valence-electron chi connectivity index (χ0n) is 9.50. The fourth-order valence-electron chi connectivity index (χ4n) is 2.10. The first kappa shape index (κ1) is 10.9. The van der Waals surface area contributed by atoms with Gasteiger partial charge in [-0.2, -0.15) is 0 Å². The van der Waals surface area contributed by atoms with Gasteiger partial charge in [0.05, 0.1) is 13.2 Å². The lowest BCUT2D eigenvalue weighted by Crippen LogP contribution is -2.24. The zero-order valence-corrected chi connectivity index (χ0v) is 9.50. The molecule has 0 aromatic rings. The standard InChI is InChI=1S/C13H20O2/c1-11(12-5-2-3-6-12)7-8-13-14-9-4-10-15-13/h2,5,13H,3-4,6-10H2,1H3. The molecule has 1 aliphatic heterocycles. The summed E-state index contributed by atoms with van der Waals surface area (Å²) in [5, 5.41) is 0. The van der Waals surface area contributed by atoms with E-state index in [4.69, 9.17) is 9.47 Å². The molecule has 1 heterocycles. The van der Waals surface area contributed by atoms with Gasteiger partial charge in [-0.25, -0.2) is 0 Å². The third-order valence-electron chi connectivity index (χ3n) is 3.10. The van der Waals surface area contributed by atoms with E-state index >= 15 is 0 Å². The number of hydrogen-bond acceptors (Lipinski definition) is 2. The summed E-state index contributed by atoms with van der Waals surface area (Å²) in [4.78, 5) is 0. The molecular formula is C13H20O2. The van der Waals surface area contributed by atoms with Crippen LogP contribution < -0.4 is 0 Å². The number of allylic oxidation sites excluding steroid dienone is 4. The molecule has 1 aliphatic carbocycles. The first-order valence-electron chi connectivity index (χ1n) is 5.94. The Morgan fingerprint density at radius 1 is 1.40 bits per heavy atom. The zero-order chi connectivity index (χ0) is 10.5. The van der Waals surface area contributed by atoms with Gasteiger partial charge in [0.25, 0.3) is 0 Å². The molecule has 15 heavy (non-hydrogen) atoms. The van der Waals surface area contributed by atoms with Crippen LogP contribution in [0.3, 0.4) is 0 Å². The van der Waals surface area contributed by atoms with Crippen LogP contribution in [0.5, 0.6) is 0 Å². The van der Waals surface area contributed by atoms with E-state index in [1.807, 2.05) is 0 Å². The van der Waals surface area contributed by atoms with Gasteiger partial charge in [-0.1, -0.05) is 17.7 Å². The number of ether oxygens (including phenoxy) is 2. The lowest BCUT2D eigenvalue weighted by atomic mass is 10.0. The second-order valence-corrected chi connectivity index (χ2v) is 4.31. The summed E-state index contributed by atoms with van der Waals surface area (Å²) in [5.74, 6) is 0. The largest absolute Gasteiger partial charge is 0.353 e. The van der Waals surface area contributed by atoms with Crippen LogP contribution in [0.2, 0.25) is 0 Å². The van der Waals surface area contributed by atoms with Crippen LogP contribution in [-0.4, -0.2) is 19.5 Å². The molecule has 2 rings (SSSR count). The van der Waals surface area contributed by atoms with Gasteiger partial charge in [0.15, 0.2) is 6.29 Å². The van der Waals surface area contributed by atoms with E-state index in [1.54, 1.807) is 0 Å². The third kappa shape index (κ3) is 3.18. The Morgan fingerprint density at radius 2 is 2.20 bits per heavy atom. The highest BCUT2D eigenvalue weighted by Crippen LogP contribution is 2.23. The van der Waals surface area contributed by atoms with E-state index < -0.39 is 0 Å². The van der Waals surface area contributed by atoms with Crippen LogP contribution in [-0.2, 0) is 9.47 Å². The van der Waals surface area contributed by atoms with Crippen LogP contribution >= 0.6 is 0 Å². The number of rotatable bonds is 3. The van der Waals surface area contributed by atoms with Gasteiger partial charge in [-0.15, -0.1) is 0 Å². The van der Waals surface area contributed by atoms with E-state index in [-0.39, 0.29) is 6.29 Å².